The summed E-state index contributed by atoms with van der Waals surface area (Å²) in [6, 6.07) is 9.61. The van der Waals surface area contributed by atoms with Gasteiger partial charge in [0, 0.05) is 12.3 Å². The number of para-hydroxylation sites is 1. The third-order valence-electron chi connectivity index (χ3n) is 5.37. The van der Waals surface area contributed by atoms with Crippen LogP contribution in [-0.2, 0) is 7.05 Å². The van der Waals surface area contributed by atoms with Gasteiger partial charge in [0.2, 0.25) is 5.16 Å². The van der Waals surface area contributed by atoms with Crippen molar-refractivity contribution in [1.29, 1.82) is 0 Å². The van der Waals surface area contributed by atoms with Gasteiger partial charge in [0.1, 0.15) is 0 Å². The quantitative estimate of drug-likeness (QED) is 0.691. The van der Waals surface area contributed by atoms with Crippen LogP contribution in [0.15, 0.2) is 40.3 Å². The molecule has 0 amide bonds. The normalized spacial score (nSPS) is 18.9. The zero-order valence-corrected chi connectivity index (χ0v) is 16.9. The van der Waals surface area contributed by atoms with Crippen LogP contribution >= 0.6 is 11.8 Å². The molecule has 0 saturated heterocycles. The van der Waals surface area contributed by atoms with Crippen molar-refractivity contribution in [2.24, 2.45) is 12.5 Å². The predicted octanol–water partition coefficient (Wildman–Crippen LogP) is 3.13. The molecule has 1 aliphatic rings. The molecule has 0 radical (unpaired) electrons. The monoisotopic (exact) mass is 384 g/mol. The molecule has 2 heterocycles. The zero-order chi connectivity index (χ0) is 19.2. The van der Waals surface area contributed by atoms with Crippen LogP contribution in [0.25, 0.3) is 11.4 Å². The van der Waals surface area contributed by atoms with Gasteiger partial charge in [-0.1, -0.05) is 43.8 Å². The average molecular weight is 385 g/mol. The maximum Gasteiger partial charge on any atom is 0.297 e. The second-order valence-corrected chi connectivity index (χ2v) is 9.20. The third-order valence-corrected chi connectivity index (χ3v) is 6.57. The summed E-state index contributed by atoms with van der Waals surface area (Å²) in [4.78, 5) is 13.2. The van der Waals surface area contributed by atoms with Crippen LogP contribution in [-0.4, -0.2) is 34.8 Å². The summed E-state index contributed by atoms with van der Waals surface area (Å²) in [6.45, 7) is 6.53. The lowest BCUT2D eigenvalue weighted by Crippen LogP contribution is -2.22. The van der Waals surface area contributed by atoms with Gasteiger partial charge in [0.15, 0.2) is 5.69 Å². The molecule has 1 fully saturated rings. The Hall–Kier alpha value is -2.35. The van der Waals surface area contributed by atoms with E-state index in [2.05, 4.69) is 29.4 Å². The molecule has 1 aromatic carbocycles. The van der Waals surface area contributed by atoms with E-state index in [1.807, 2.05) is 49.0 Å². The molecule has 0 aliphatic heterocycles. The number of tetrazole rings is 1. The summed E-state index contributed by atoms with van der Waals surface area (Å²) in [7, 11) is 1.88. The van der Waals surface area contributed by atoms with Crippen LogP contribution in [0.3, 0.4) is 0 Å². The van der Waals surface area contributed by atoms with Gasteiger partial charge in [-0.2, -0.15) is 4.68 Å². The molecule has 1 saturated carbocycles. The highest BCUT2D eigenvalue weighted by atomic mass is 32.2. The number of hydrogen-bond acceptors (Lipinski definition) is 5. The van der Waals surface area contributed by atoms with E-state index in [0.29, 0.717) is 21.5 Å². The zero-order valence-electron chi connectivity index (χ0n) is 16.1. The highest BCUT2D eigenvalue weighted by Gasteiger charge is 2.33. The Morgan fingerprint density at radius 2 is 1.96 bits per heavy atom. The van der Waals surface area contributed by atoms with E-state index in [9.17, 15) is 4.79 Å². The van der Waals surface area contributed by atoms with Gasteiger partial charge in [-0.05, 0) is 54.2 Å². The first kappa shape index (κ1) is 18.0. The largest absolute Gasteiger partial charge is 0.297 e. The van der Waals surface area contributed by atoms with Crippen LogP contribution in [0.5, 0.6) is 0 Å². The third kappa shape index (κ3) is 3.22. The van der Waals surface area contributed by atoms with E-state index in [1.165, 1.54) is 6.42 Å². The van der Waals surface area contributed by atoms with E-state index >= 15 is 0 Å². The first-order valence-electron chi connectivity index (χ1n) is 9.17. The molecule has 7 nitrogen and oxygen atoms in total. The number of benzene rings is 1. The van der Waals surface area contributed by atoms with E-state index in [-0.39, 0.29) is 5.56 Å². The van der Waals surface area contributed by atoms with Crippen molar-refractivity contribution in [3.8, 4) is 11.4 Å². The van der Waals surface area contributed by atoms with Gasteiger partial charge in [-0.3, -0.25) is 9.48 Å². The second-order valence-electron chi connectivity index (χ2n) is 7.93. The number of thioether (sulfide) groups is 1. The SMILES string of the molecule is Cc1c(-n2nnnc2SC2CCC(C)(C)C2)c(=O)n(-c2ccccc2)n1C. The van der Waals surface area contributed by atoms with E-state index in [1.54, 1.807) is 21.1 Å². The number of nitrogens with zero attached hydrogens (tertiary/aromatic N) is 6. The molecular formula is C19H24N6OS. The van der Waals surface area contributed by atoms with Crippen molar-refractivity contribution in [2.45, 2.75) is 50.4 Å². The van der Waals surface area contributed by atoms with Crippen LogP contribution in [0.1, 0.15) is 38.8 Å². The van der Waals surface area contributed by atoms with Crippen LogP contribution in [0, 0.1) is 12.3 Å². The molecule has 8 heteroatoms. The lowest BCUT2D eigenvalue weighted by Gasteiger charge is -2.16. The maximum atomic E-state index is 13.2. The molecule has 27 heavy (non-hydrogen) atoms. The fourth-order valence-electron chi connectivity index (χ4n) is 3.81. The first-order chi connectivity index (χ1) is 12.9. The Kier molecular flexibility index (Phi) is 4.46. The van der Waals surface area contributed by atoms with Crippen molar-refractivity contribution in [3.05, 3.63) is 46.4 Å². The number of rotatable bonds is 4. The molecule has 4 rings (SSSR count). The van der Waals surface area contributed by atoms with E-state index in [0.717, 1.165) is 24.2 Å². The van der Waals surface area contributed by atoms with Crippen molar-refractivity contribution >= 4 is 11.8 Å². The molecule has 0 N–H and O–H groups in total. The van der Waals surface area contributed by atoms with Crippen molar-refractivity contribution in [1.82, 2.24) is 29.6 Å². The Morgan fingerprint density at radius 1 is 1.22 bits per heavy atom. The molecular weight excluding hydrogens is 360 g/mol. The molecule has 3 aromatic rings. The topological polar surface area (TPSA) is 70.5 Å². The molecule has 0 spiro atoms. The van der Waals surface area contributed by atoms with Crippen LogP contribution in [0.2, 0.25) is 0 Å². The van der Waals surface area contributed by atoms with Gasteiger partial charge in [-0.25, -0.2) is 4.68 Å². The number of aromatic nitrogens is 6. The lowest BCUT2D eigenvalue weighted by atomic mass is 9.92. The highest BCUT2D eigenvalue weighted by Crippen LogP contribution is 2.44. The smallest absolute Gasteiger partial charge is 0.283 e. The summed E-state index contributed by atoms with van der Waals surface area (Å²) < 4.78 is 5.11. The molecule has 1 aliphatic carbocycles. The fourth-order valence-corrected chi connectivity index (χ4v) is 5.19. The summed E-state index contributed by atoms with van der Waals surface area (Å²) in [5.41, 5.74) is 2.38. The van der Waals surface area contributed by atoms with Gasteiger partial charge in [-0.15, -0.1) is 5.10 Å². The summed E-state index contributed by atoms with van der Waals surface area (Å²) >= 11 is 1.68. The number of hydrogen-bond donors (Lipinski definition) is 0. The summed E-state index contributed by atoms with van der Waals surface area (Å²) in [6.07, 6.45) is 3.48. The minimum Gasteiger partial charge on any atom is -0.283 e. The minimum absolute atomic E-state index is 0.123. The van der Waals surface area contributed by atoms with Gasteiger partial charge in [0.05, 0.1) is 11.4 Å². The Balaban J connectivity index is 1.74. The Morgan fingerprint density at radius 3 is 2.63 bits per heavy atom. The maximum absolute atomic E-state index is 13.2. The average Bonchev–Trinajstić information content (AvgIpc) is 3.27. The van der Waals surface area contributed by atoms with Crippen molar-refractivity contribution in [3.63, 3.8) is 0 Å². The second kappa shape index (κ2) is 6.67. The van der Waals surface area contributed by atoms with Crippen molar-refractivity contribution in [2.75, 3.05) is 0 Å². The van der Waals surface area contributed by atoms with Gasteiger partial charge >= 0.3 is 0 Å². The van der Waals surface area contributed by atoms with Gasteiger partial charge < -0.3 is 0 Å². The highest BCUT2D eigenvalue weighted by molar-refractivity contribution is 7.99. The first-order valence-corrected chi connectivity index (χ1v) is 10.0. The Labute approximate surface area is 162 Å². The molecule has 1 atom stereocenters. The summed E-state index contributed by atoms with van der Waals surface area (Å²) in [5.74, 6) is 0. The van der Waals surface area contributed by atoms with E-state index in [4.69, 9.17) is 0 Å². The van der Waals surface area contributed by atoms with Crippen LogP contribution in [0.4, 0.5) is 0 Å². The molecule has 0 bridgehead atoms. The standard InChI is InChI=1S/C19H24N6OS/c1-13-16(17(26)25(23(13)4)14-8-6-5-7-9-14)24-18(20-21-22-24)27-15-10-11-19(2,3)12-15/h5-9,15H,10-12H2,1-4H3. The summed E-state index contributed by atoms with van der Waals surface area (Å²) in [5, 5.41) is 13.4. The van der Waals surface area contributed by atoms with E-state index < -0.39 is 0 Å². The Bertz CT molecular complexity index is 1020. The lowest BCUT2D eigenvalue weighted by molar-refractivity contribution is 0.383. The van der Waals surface area contributed by atoms with Crippen LogP contribution < -0.4 is 5.56 Å². The molecule has 142 valence electrons. The minimum atomic E-state index is -0.123. The van der Waals surface area contributed by atoms with Gasteiger partial charge in [0.25, 0.3) is 5.56 Å². The van der Waals surface area contributed by atoms with Crippen molar-refractivity contribution < 1.29 is 0 Å². The molecule has 2 aromatic heterocycles. The fraction of sp³-hybridized carbons (Fsp3) is 0.474. The predicted molar refractivity (Wildman–Crippen MR) is 106 cm³/mol. The molecule has 1 unspecified atom stereocenters.